The van der Waals surface area contributed by atoms with Crippen LogP contribution >= 0.6 is 0 Å². The molecule has 0 saturated carbocycles. The van der Waals surface area contributed by atoms with Crippen LogP contribution in [-0.4, -0.2) is 11.4 Å². The van der Waals surface area contributed by atoms with Crippen molar-refractivity contribution in [1.82, 2.24) is 0 Å². The predicted octanol–water partition coefficient (Wildman–Crippen LogP) is 2.20. The number of aryl methyl sites for hydroxylation is 1. The van der Waals surface area contributed by atoms with E-state index < -0.39 is 6.29 Å². The Morgan fingerprint density at radius 1 is 1.46 bits per heavy atom. The third kappa shape index (κ3) is 1.54. The van der Waals surface area contributed by atoms with Gasteiger partial charge in [-0.25, -0.2) is 0 Å². The van der Waals surface area contributed by atoms with Gasteiger partial charge in [-0.2, -0.15) is 0 Å². The van der Waals surface area contributed by atoms with Gasteiger partial charge < -0.3 is 9.84 Å². The Balaban J connectivity index is 2.43. The molecule has 0 amide bonds. The predicted molar refractivity (Wildman–Crippen MR) is 50.8 cm³/mol. The maximum atomic E-state index is 9.40. The minimum atomic E-state index is -0.635. The summed E-state index contributed by atoms with van der Waals surface area (Å²) in [4.78, 5) is 0. The first-order chi connectivity index (χ1) is 6.16. The average Bonchev–Trinajstić information content (AvgIpc) is 2.02. The summed E-state index contributed by atoms with van der Waals surface area (Å²) in [6, 6.07) is 6.14. The van der Waals surface area contributed by atoms with Gasteiger partial charge in [-0.15, -0.1) is 0 Å². The minimum Gasteiger partial charge on any atom is -0.465 e. The quantitative estimate of drug-likeness (QED) is 0.660. The maximum absolute atomic E-state index is 9.40. The Kier molecular flexibility index (Phi) is 2.00. The molecule has 1 aromatic carbocycles. The number of hydrogen-bond acceptors (Lipinski definition) is 2. The van der Waals surface area contributed by atoms with Crippen molar-refractivity contribution in [1.29, 1.82) is 0 Å². The van der Waals surface area contributed by atoms with Gasteiger partial charge >= 0.3 is 0 Å². The van der Waals surface area contributed by atoms with Crippen LogP contribution in [0, 0.1) is 6.92 Å². The van der Waals surface area contributed by atoms with Gasteiger partial charge in [-0.05, 0) is 30.0 Å². The molecule has 2 atom stereocenters. The Hall–Kier alpha value is -1.02. The molecule has 2 unspecified atom stereocenters. The second-order valence-electron chi connectivity index (χ2n) is 3.75. The Bertz CT molecular complexity index is 320. The minimum absolute atomic E-state index is 0.388. The highest BCUT2D eigenvalue weighted by Gasteiger charge is 2.23. The fraction of sp³-hybridized carbons (Fsp3) is 0.455. The molecule has 1 aliphatic heterocycles. The molecule has 13 heavy (non-hydrogen) atoms. The summed E-state index contributed by atoms with van der Waals surface area (Å²) in [5.74, 6) is 1.23. The second-order valence-corrected chi connectivity index (χ2v) is 3.75. The zero-order valence-electron chi connectivity index (χ0n) is 7.95. The van der Waals surface area contributed by atoms with Crippen molar-refractivity contribution >= 4 is 0 Å². The fourth-order valence-corrected chi connectivity index (χ4v) is 1.77. The van der Waals surface area contributed by atoms with Gasteiger partial charge in [0.25, 0.3) is 0 Å². The molecule has 2 heteroatoms. The molecule has 0 spiro atoms. The van der Waals surface area contributed by atoms with Crippen molar-refractivity contribution in [2.45, 2.75) is 32.5 Å². The van der Waals surface area contributed by atoms with Crippen LogP contribution < -0.4 is 4.74 Å². The van der Waals surface area contributed by atoms with Gasteiger partial charge in [0.15, 0.2) is 6.29 Å². The van der Waals surface area contributed by atoms with Crippen LogP contribution in [0.25, 0.3) is 0 Å². The van der Waals surface area contributed by atoms with Gasteiger partial charge in [0.05, 0.1) is 0 Å². The molecule has 0 aromatic heterocycles. The van der Waals surface area contributed by atoms with Crippen LogP contribution in [0.3, 0.4) is 0 Å². The van der Waals surface area contributed by atoms with E-state index in [-0.39, 0.29) is 0 Å². The molecule has 0 bridgehead atoms. The highest BCUT2D eigenvalue weighted by atomic mass is 16.6. The first-order valence-corrected chi connectivity index (χ1v) is 4.62. The molecule has 0 saturated heterocycles. The molecule has 0 aliphatic carbocycles. The van der Waals surface area contributed by atoms with Crippen LogP contribution in [0.5, 0.6) is 5.75 Å². The number of aliphatic hydroxyl groups is 1. The molecule has 1 aromatic rings. The molecule has 70 valence electrons. The van der Waals surface area contributed by atoms with Crippen molar-refractivity contribution in [2.24, 2.45) is 0 Å². The van der Waals surface area contributed by atoms with E-state index in [1.54, 1.807) is 0 Å². The van der Waals surface area contributed by atoms with Crippen molar-refractivity contribution < 1.29 is 9.84 Å². The number of fused-ring (bicyclic) bond motifs is 1. The number of benzene rings is 1. The second kappa shape index (κ2) is 3.04. The van der Waals surface area contributed by atoms with Crippen molar-refractivity contribution in [3.05, 3.63) is 29.3 Å². The van der Waals surface area contributed by atoms with Gasteiger partial charge in [-0.3, -0.25) is 0 Å². The van der Waals surface area contributed by atoms with Crippen LogP contribution in [0.2, 0.25) is 0 Å². The number of ether oxygens (including phenoxy) is 1. The molecular formula is C11H14O2. The molecular weight excluding hydrogens is 164 g/mol. The monoisotopic (exact) mass is 178 g/mol. The number of hydrogen-bond donors (Lipinski definition) is 1. The summed E-state index contributed by atoms with van der Waals surface area (Å²) in [7, 11) is 0. The van der Waals surface area contributed by atoms with Crippen molar-refractivity contribution in [3.63, 3.8) is 0 Å². The van der Waals surface area contributed by atoms with Gasteiger partial charge in [0, 0.05) is 6.42 Å². The number of aliphatic hydroxyl groups excluding tert-OH is 1. The standard InChI is InChI=1S/C11H14O2/c1-7-3-4-9-8(2)6-11(12)13-10(9)5-7/h3-5,8,11-12H,6H2,1-2H3. The lowest BCUT2D eigenvalue weighted by atomic mass is 9.93. The topological polar surface area (TPSA) is 29.5 Å². The third-order valence-electron chi connectivity index (χ3n) is 2.52. The molecule has 1 aliphatic rings. The Morgan fingerprint density at radius 2 is 2.23 bits per heavy atom. The maximum Gasteiger partial charge on any atom is 0.197 e. The van der Waals surface area contributed by atoms with E-state index in [9.17, 15) is 5.11 Å². The van der Waals surface area contributed by atoms with Gasteiger partial charge in [0.2, 0.25) is 0 Å². The van der Waals surface area contributed by atoms with Gasteiger partial charge in [0.1, 0.15) is 5.75 Å². The average molecular weight is 178 g/mol. The summed E-state index contributed by atoms with van der Waals surface area (Å²) in [6.45, 7) is 4.13. The summed E-state index contributed by atoms with van der Waals surface area (Å²) >= 11 is 0. The Morgan fingerprint density at radius 3 is 3.00 bits per heavy atom. The Labute approximate surface area is 78.2 Å². The van der Waals surface area contributed by atoms with Crippen LogP contribution in [0.1, 0.15) is 30.4 Å². The van der Waals surface area contributed by atoms with E-state index >= 15 is 0 Å². The first-order valence-electron chi connectivity index (χ1n) is 4.62. The highest BCUT2D eigenvalue weighted by molar-refractivity contribution is 5.40. The number of rotatable bonds is 0. The zero-order valence-corrected chi connectivity index (χ0v) is 7.95. The molecule has 2 rings (SSSR count). The highest BCUT2D eigenvalue weighted by Crippen LogP contribution is 2.35. The van der Waals surface area contributed by atoms with Crippen molar-refractivity contribution in [3.8, 4) is 5.75 Å². The van der Waals surface area contributed by atoms with E-state index in [2.05, 4.69) is 19.1 Å². The molecule has 0 radical (unpaired) electrons. The molecule has 1 heterocycles. The summed E-state index contributed by atoms with van der Waals surface area (Å²) in [5, 5.41) is 9.40. The van der Waals surface area contributed by atoms with E-state index in [1.807, 2.05) is 13.0 Å². The molecule has 0 fully saturated rings. The summed E-state index contributed by atoms with van der Waals surface area (Å²) in [5.41, 5.74) is 2.37. The SMILES string of the molecule is Cc1ccc2c(c1)OC(O)CC2C. The van der Waals surface area contributed by atoms with Crippen LogP contribution in [-0.2, 0) is 0 Å². The van der Waals surface area contributed by atoms with E-state index in [0.717, 1.165) is 5.75 Å². The third-order valence-corrected chi connectivity index (χ3v) is 2.52. The van der Waals surface area contributed by atoms with Crippen LogP contribution in [0.4, 0.5) is 0 Å². The van der Waals surface area contributed by atoms with Crippen LogP contribution in [0.15, 0.2) is 18.2 Å². The van der Waals surface area contributed by atoms with E-state index in [0.29, 0.717) is 12.3 Å². The van der Waals surface area contributed by atoms with Crippen molar-refractivity contribution in [2.75, 3.05) is 0 Å². The summed E-state index contributed by atoms with van der Waals surface area (Å²) < 4.78 is 5.34. The lowest BCUT2D eigenvalue weighted by Crippen LogP contribution is -2.23. The lowest BCUT2D eigenvalue weighted by Gasteiger charge is -2.27. The zero-order chi connectivity index (χ0) is 9.42. The fourth-order valence-electron chi connectivity index (χ4n) is 1.77. The summed E-state index contributed by atoms with van der Waals surface area (Å²) in [6.07, 6.45) is 0.0556. The smallest absolute Gasteiger partial charge is 0.197 e. The first kappa shape index (κ1) is 8.57. The molecule has 1 N–H and O–H groups in total. The lowest BCUT2D eigenvalue weighted by molar-refractivity contribution is -0.0375. The van der Waals surface area contributed by atoms with E-state index in [4.69, 9.17) is 4.74 Å². The normalized spacial score (nSPS) is 26.4. The molecule has 2 nitrogen and oxygen atoms in total. The largest absolute Gasteiger partial charge is 0.465 e. The van der Waals surface area contributed by atoms with Gasteiger partial charge in [-0.1, -0.05) is 19.1 Å². The van der Waals surface area contributed by atoms with E-state index in [1.165, 1.54) is 11.1 Å².